The molecule has 0 spiro atoms. The fourth-order valence-electron chi connectivity index (χ4n) is 1.62. The Kier molecular flexibility index (Phi) is 3.05. The molecule has 2 rings (SSSR count). The summed E-state index contributed by atoms with van der Waals surface area (Å²) in [7, 11) is 0. The second-order valence-corrected chi connectivity index (χ2v) is 3.61. The largest absolute Gasteiger partial charge is 0.351 e. The van der Waals surface area contributed by atoms with E-state index in [1.165, 1.54) is 6.92 Å². The van der Waals surface area contributed by atoms with Gasteiger partial charge in [-0.15, -0.1) is 0 Å². The van der Waals surface area contributed by atoms with Crippen LogP contribution in [0.15, 0.2) is 48.7 Å². The van der Waals surface area contributed by atoms with E-state index in [1.807, 2.05) is 48.7 Å². The number of rotatable bonds is 3. The number of nitrogens with one attached hydrogen (secondary N) is 1. The first-order valence-electron chi connectivity index (χ1n) is 5.23. The molecule has 1 N–H and O–H groups in total. The first kappa shape index (κ1) is 10.5. The second kappa shape index (κ2) is 4.66. The number of hydrogen-bond acceptors (Lipinski definition) is 1. The van der Waals surface area contributed by atoms with Crippen LogP contribution in [0.4, 0.5) is 0 Å². The summed E-state index contributed by atoms with van der Waals surface area (Å²) in [6, 6.07) is 14.0. The fraction of sp³-hybridized carbons (Fsp3) is 0.154. The minimum Gasteiger partial charge on any atom is -0.351 e. The molecule has 16 heavy (non-hydrogen) atoms. The maximum Gasteiger partial charge on any atom is 0.217 e. The SMILES string of the molecule is CC(=O)NCc1cccn1-c1ccccc1. The lowest BCUT2D eigenvalue weighted by Crippen LogP contribution is -2.20. The van der Waals surface area contributed by atoms with Gasteiger partial charge in [-0.05, 0) is 24.3 Å². The maximum absolute atomic E-state index is 10.9. The molecule has 3 nitrogen and oxygen atoms in total. The van der Waals surface area contributed by atoms with Crippen molar-refractivity contribution in [1.29, 1.82) is 0 Å². The van der Waals surface area contributed by atoms with Crippen LogP contribution in [0, 0.1) is 0 Å². The van der Waals surface area contributed by atoms with Crippen LogP contribution in [-0.2, 0) is 11.3 Å². The highest BCUT2D eigenvalue weighted by Crippen LogP contribution is 2.11. The first-order chi connectivity index (χ1) is 7.77. The Morgan fingerprint density at radius 3 is 2.62 bits per heavy atom. The van der Waals surface area contributed by atoms with Crippen LogP contribution in [0.3, 0.4) is 0 Å². The molecule has 0 radical (unpaired) electrons. The lowest BCUT2D eigenvalue weighted by atomic mass is 10.3. The van der Waals surface area contributed by atoms with Crippen LogP contribution in [0.5, 0.6) is 0 Å². The summed E-state index contributed by atoms with van der Waals surface area (Å²) in [6.07, 6.45) is 1.99. The van der Waals surface area contributed by atoms with Crippen LogP contribution in [-0.4, -0.2) is 10.5 Å². The van der Waals surface area contributed by atoms with Crippen LogP contribution in [0.25, 0.3) is 5.69 Å². The minimum absolute atomic E-state index is 0.0131. The third kappa shape index (κ3) is 2.31. The number of nitrogens with zero attached hydrogens (tertiary/aromatic N) is 1. The van der Waals surface area contributed by atoms with Gasteiger partial charge in [-0.25, -0.2) is 0 Å². The number of carbonyl (C=O) groups is 1. The van der Waals surface area contributed by atoms with Crippen LogP contribution in [0.1, 0.15) is 12.6 Å². The van der Waals surface area contributed by atoms with Crippen molar-refractivity contribution >= 4 is 5.91 Å². The minimum atomic E-state index is -0.0131. The van der Waals surface area contributed by atoms with E-state index in [9.17, 15) is 4.79 Å². The number of carbonyl (C=O) groups excluding carboxylic acids is 1. The quantitative estimate of drug-likeness (QED) is 0.834. The van der Waals surface area contributed by atoms with Crippen molar-refractivity contribution in [1.82, 2.24) is 9.88 Å². The molecule has 2 aromatic rings. The van der Waals surface area contributed by atoms with Crippen molar-refractivity contribution in [3.63, 3.8) is 0 Å². The van der Waals surface area contributed by atoms with Gasteiger partial charge in [0.2, 0.25) is 5.91 Å². The van der Waals surface area contributed by atoms with Gasteiger partial charge in [-0.3, -0.25) is 4.79 Å². The highest BCUT2D eigenvalue weighted by Gasteiger charge is 2.02. The standard InChI is InChI=1S/C13H14N2O/c1-11(16)14-10-13-8-5-9-15(13)12-6-3-2-4-7-12/h2-9H,10H2,1H3,(H,14,16). The molecular formula is C13H14N2O. The summed E-state index contributed by atoms with van der Waals surface area (Å²) >= 11 is 0. The first-order valence-corrected chi connectivity index (χ1v) is 5.23. The Bertz CT molecular complexity index is 474. The van der Waals surface area contributed by atoms with Gasteiger partial charge in [0.05, 0.1) is 6.54 Å². The van der Waals surface area contributed by atoms with Crippen LogP contribution in [0.2, 0.25) is 0 Å². The number of hydrogen-bond donors (Lipinski definition) is 1. The number of benzene rings is 1. The summed E-state index contributed by atoms with van der Waals surface area (Å²) in [5, 5.41) is 2.80. The Balaban J connectivity index is 2.23. The average molecular weight is 214 g/mol. The van der Waals surface area contributed by atoms with Crippen LogP contribution < -0.4 is 5.32 Å². The maximum atomic E-state index is 10.9. The van der Waals surface area contributed by atoms with Crippen molar-refractivity contribution in [3.8, 4) is 5.69 Å². The molecule has 0 aliphatic heterocycles. The second-order valence-electron chi connectivity index (χ2n) is 3.61. The smallest absolute Gasteiger partial charge is 0.217 e. The van der Waals surface area contributed by atoms with E-state index >= 15 is 0 Å². The van der Waals surface area contributed by atoms with Gasteiger partial charge in [-0.2, -0.15) is 0 Å². The average Bonchev–Trinajstić information content (AvgIpc) is 2.75. The van der Waals surface area contributed by atoms with E-state index in [-0.39, 0.29) is 5.91 Å². The zero-order chi connectivity index (χ0) is 11.4. The van der Waals surface area contributed by atoms with E-state index in [4.69, 9.17) is 0 Å². The molecule has 0 unspecified atom stereocenters. The van der Waals surface area contributed by atoms with Gasteiger partial charge >= 0.3 is 0 Å². The van der Waals surface area contributed by atoms with Gasteiger partial charge in [0.15, 0.2) is 0 Å². The summed E-state index contributed by atoms with van der Waals surface area (Å²) in [5.74, 6) is -0.0131. The third-order valence-electron chi connectivity index (χ3n) is 2.39. The number of para-hydroxylation sites is 1. The molecule has 0 aliphatic carbocycles. The molecule has 0 atom stereocenters. The summed E-state index contributed by atoms with van der Waals surface area (Å²) in [6.45, 7) is 2.08. The molecule has 0 saturated carbocycles. The van der Waals surface area contributed by atoms with E-state index < -0.39 is 0 Å². The van der Waals surface area contributed by atoms with Gasteiger partial charge in [0.25, 0.3) is 0 Å². The Morgan fingerprint density at radius 1 is 1.19 bits per heavy atom. The normalized spacial score (nSPS) is 10.1. The lowest BCUT2D eigenvalue weighted by Gasteiger charge is -2.09. The van der Waals surface area contributed by atoms with Crippen molar-refractivity contribution < 1.29 is 4.79 Å². The van der Waals surface area contributed by atoms with Crippen molar-refractivity contribution in [2.45, 2.75) is 13.5 Å². The monoisotopic (exact) mass is 214 g/mol. The zero-order valence-corrected chi connectivity index (χ0v) is 9.18. The predicted molar refractivity (Wildman–Crippen MR) is 63.3 cm³/mol. The highest BCUT2D eigenvalue weighted by atomic mass is 16.1. The molecule has 1 amide bonds. The van der Waals surface area contributed by atoms with Crippen molar-refractivity contribution in [2.24, 2.45) is 0 Å². The lowest BCUT2D eigenvalue weighted by molar-refractivity contribution is -0.119. The van der Waals surface area contributed by atoms with Crippen molar-refractivity contribution in [2.75, 3.05) is 0 Å². The Hall–Kier alpha value is -2.03. The Labute approximate surface area is 94.7 Å². The van der Waals surface area contributed by atoms with E-state index in [1.54, 1.807) is 0 Å². The third-order valence-corrected chi connectivity index (χ3v) is 2.39. The van der Waals surface area contributed by atoms with Crippen molar-refractivity contribution in [3.05, 3.63) is 54.4 Å². The molecule has 3 heteroatoms. The molecule has 82 valence electrons. The number of aromatic nitrogens is 1. The van der Waals surface area contributed by atoms with Gasteiger partial charge in [0.1, 0.15) is 0 Å². The Morgan fingerprint density at radius 2 is 1.94 bits per heavy atom. The van der Waals surface area contributed by atoms with E-state index in [2.05, 4.69) is 9.88 Å². The fourth-order valence-corrected chi connectivity index (χ4v) is 1.62. The molecular weight excluding hydrogens is 200 g/mol. The topological polar surface area (TPSA) is 34.0 Å². The number of amides is 1. The molecule has 0 saturated heterocycles. The predicted octanol–water partition coefficient (Wildman–Crippen LogP) is 2.11. The molecule has 1 aromatic carbocycles. The summed E-state index contributed by atoms with van der Waals surface area (Å²) in [5.41, 5.74) is 2.18. The van der Waals surface area contributed by atoms with Gasteiger partial charge in [-0.1, -0.05) is 18.2 Å². The highest BCUT2D eigenvalue weighted by molar-refractivity contribution is 5.72. The summed E-state index contributed by atoms with van der Waals surface area (Å²) < 4.78 is 2.07. The summed E-state index contributed by atoms with van der Waals surface area (Å²) in [4.78, 5) is 10.9. The molecule has 1 heterocycles. The molecule has 0 bridgehead atoms. The van der Waals surface area contributed by atoms with Gasteiger partial charge < -0.3 is 9.88 Å². The van der Waals surface area contributed by atoms with E-state index in [0.717, 1.165) is 11.4 Å². The molecule has 1 aromatic heterocycles. The zero-order valence-electron chi connectivity index (χ0n) is 9.18. The van der Waals surface area contributed by atoms with Gasteiger partial charge in [0, 0.05) is 24.5 Å². The van der Waals surface area contributed by atoms with E-state index in [0.29, 0.717) is 6.54 Å². The molecule has 0 aliphatic rings. The molecule has 0 fully saturated rings. The van der Waals surface area contributed by atoms with Crippen LogP contribution >= 0.6 is 0 Å².